The lowest BCUT2D eigenvalue weighted by Gasteiger charge is -2.25. The molecule has 0 atom stereocenters. The number of carbonyl (C=O) groups is 2. The molecule has 2 rings (SSSR count). The zero-order valence-electron chi connectivity index (χ0n) is 10.2. The molecule has 0 aromatic heterocycles. The predicted octanol–water partition coefficient (Wildman–Crippen LogP) is 1.50. The van der Waals surface area contributed by atoms with Crippen LogP contribution in [0.25, 0.3) is 0 Å². The SMILES string of the molecule is NC(=S)c1cc(CN2C(=O)CCCC2=O)ccc1F. The van der Waals surface area contributed by atoms with E-state index in [4.69, 9.17) is 18.0 Å². The fourth-order valence-corrected chi connectivity index (χ4v) is 2.17. The third-order valence-electron chi connectivity index (χ3n) is 3.02. The van der Waals surface area contributed by atoms with E-state index in [0.29, 0.717) is 24.8 Å². The first-order chi connectivity index (χ1) is 8.99. The Morgan fingerprint density at radius 1 is 1.32 bits per heavy atom. The van der Waals surface area contributed by atoms with Crippen molar-refractivity contribution < 1.29 is 14.0 Å². The Balaban J connectivity index is 2.23. The van der Waals surface area contributed by atoms with Crippen molar-refractivity contribution in [2.24, 2.45) is 5.73 Å². The molecular formula is C13H13FN2O2S. The molecule has 4 nitrogen and oxygen atoms in total. The van der Waals surface area contributed by atoms with Crippen LogP contribution in [0.15, 0.2) is 18.2 Å². The van der Waals surface area contributed by atoms with Crippen molar-refractivity contribution in [2.75, 3.05) is 0 Å². The minimum atomic E-state index is -0.507. The van der Waals surface area contributed by atoms with Gasteiger partial charge in [-0.05, 0) is 24.1 Å². The van der Waals surface area contributed by atoms with Crippen molar-refractivity contribution in [3.05, 3.63) is 35.1 Å². The number of halogens is 1. The van der Waals surface area contributed by atoms with Crippen molar-refractivity contribution >= 4 is 29.0 Å². The second kappa shape index (κ2) is 5.44. The molecule has 19 heavy (non-hydrogen) atoms. The molecule has 2 amide bonds. The summed E-state index contributed by atoms with van der Waals surface area (Å²) in [6.07, 6.45) is 1.33. The summed E-state index contributed by atoms with van der Waals surface area (Å²) >= 11 is 4.75. The molecular weight excluding hydrogens is 267 g/mol. The number of nitrogens with two attached hydrogens (primary N) is 1. The maximum Gasteiger partial charge on any atom is 0.229 e. The molecule has 1 aromatic carbocycles. The number of piperidine rings is 1. The monoisotopic (exact) mass is 280 g/mol. The maximum atomic E-state index is 13.4. The van der Waals surface area contributed by atoms with Gasteiger partial charge in [-0.1, -0.05) is 18.3 Å². The van der Waals surface area contributed by atoms with E-state index >= 15 is 0 Å². The molecule has 0 unspecified atom stereocenters. The lowest BCUT2D eigenvalue weighted by molar-refractivity contribution is -0.148. The van der Waals surface area contributed by atoms with Crippen molar-refractivity contribution in [1.82, 2.24) is 4.90 Å². The van der Waals surface area contributed by atoms with Gasteiger partial charge in [-0.3, -0.25) is 14.5 Å². The highest BCUT2D eigenvalue weighted by Gasteiger charge is 2.25. The largest absolute Gasteiger partial charge is 0.389 e. The zero-order chi connectivity index (χ0) is 14.0. The van der Waals surface area contributed by atoms with Gasteiger partial charge in [0.25, 0.3) is 0 Å². The molecule has 0 spiro atoms. The predicted molar refractivity (Wildman–Crippen MR) is 71.7 cm³/mol. The summed E-state index contributed by atoms with van der Waals surface area (Å²) in [6.45, 7) is 0.133. The van der Waals surface area contributed by atoms with Gasteiger partial charge < -0.3 is 5.73 Å². The Labute approximate surface area is 115 Å². The molecule has 1 fully saturated rings. The van der Waals surface area contributed by atoms with Crippen LogP contribution >= 0.6 is 12.2 Å². The van der Waals surface area contributed by atoms with Crippen LogP contribution in [0.5, 0.6) is 0 Å². The first kappa shape index (κ1) is 13.6. The van der Waals surface area contributed by atoms with Crippen LogP contribution in [-0.4, -0.2) is 21.7 Å². The van der Waals surface area contributed by atoms with E-state index in [9.17, 15) is 14.0 Å². The number of hydrogen-bond donors (Lipinski definition) is 1. The van der Waals surface area contributed by atoms with Crippen LogP contribution in [0.1, 0.15) is 30.4 Å². The Hall–Kier alpha value is -1.82. The summed E-state index contributed by atoms with van der Waals surface area (Å²) in [4.78, 5) is 24.5. The molecule has 6 heteroatoms. The quantitative estimate of drug-likeness (QED) is 0.673. The number of imide groups is 1. The Morgan fingerprint density at radius 3 is 2.53 bits per heavy atom. The highest BCUT2D eigenvalue weighted by molar-refractivity contribution is 7.80. The molecule has 1 saturated heterocycles. The first-order valence-electron chi connectivity index (χ1n) is 5.90. The van der Waals surface area contributed by atoms with E-state index in [1.54, 1.807) is 0 Å². The van der Waals surface area contributed by atoms with Crippen LogP contribution in [0.3, 0.4) is 0 Å². The molecule has 1 aromatic rings. The Kier molecular flexibility index (Phi) is 3.90. The highest BCUT2D eigenvalue weighted by Crippen LogP contribution is 2.17. The molecule has 100 valence electrons. The van der Waals surface area contributed by atoms with Crippen molar-refractivity contribution in [2.45, 2.75) is 25.8 Å². The number of benzene rings is 1. The molecule has 0 bridgehead atoms. The van der Waals surface area contributed by atoms with Crippen LogP contribution in [0.4, 0.5) is 4.39 Å². The van der Waals surface area contributed by atoms with Gasteiger partial charge in [-0.15, -0.1) is 0 Å². The normalized spacial score (nSPS) is 15.7. The number of carbonyl (C=O) groups excluding carboxylic acids is 2. The molecule has 2 N–H and O–H groups in total. The van der Waals surface area contributed by atoms with Gasteiger partial charge in [0.2, 0.25) is 11.8 Å². The summed E-state index contributed by atoms with van der Waals surface area (Å²) in [6, 6.07) is 4.24. The molecule has 1 heterocycles. The van der Waals surface area contributed by atoms with Gasteiger partial charge in [0.05, 0.1) is 6.54 Å². The average molecular weight is 280 g/mol. The second-order valence-corrected chi connectivity index (χ2v) is 4.85. The minimum absolute atomic E-state index is 0.0457. The standard InChI is InChI=1S/C13H13FN2O2S/c14-10-5-4-8(6-9(10)13(15)19)7-16-11(17)2-1-3-12(16)18/h4-6H,1-3,7H2,(H2,15,19). The van der Waals surface area contributed by atoms with E-state index in [1.807, 2.05) is 0 Å². The maximum absolute atomic E-state index is 13.4. The van der Waals surface area contributed by atoms with Gasteiger partial charge in [0.15, 0.2) is 0 Å². The number of likely N-dealkylation sites (tertiary alicyclic amines) is 1. The average Bonchev–Trinajstić information content (AvgIpc) is 2.35. The van der Waals surface area contributed by atoms with E-state index in [1.165, 1.54) is 23.1 Å². The smallest absolute Gasteiger partial charge is 0.229 e. The summed E-state index contributed by atoms with van der Waals surface area (Å²) in [5.74, 6) is -0.901. The Bertz CT molecular complexity index is 544. The number of thiocarbonyl (C=S) groups is 1. The Morgan fingerprint density at radius 2 is 1.95 bits per heavy atom. The summed E-state index contributed by atoms with van der Waals surface area (Å²) in [5.41, 5.74) is 6.18. The highest BCUT2D eigenvalue weighted by atomic mass is 32.1. The fraction of sp³-hybridized carbons (Fsp3) is 0.308. The summed E-state index contributed by atoms with van der Waals surface area (Å²) < 4.78 is 13.4. The van der Waals surface area contributed by atoms with Gasteiger partial charge >= 0.3 is 0 Å². The van der Waals surface area contributed by atoms with Crippen molar-refractivity contribution in [3.8, 4) is 0 Å². The van der Waals surface area contributed by atoms with E-state index < -0.39 is 5.82 Å². The van der Waals surface area contributed by atoms with Gasteiger partial charge in [0, 0.05) is 18.4 Å². The first-order valence-corrected chi connectivity index (χ1v) is 6.31. The topological polar surface area (TPSA) is 63.4 Å². The zero-order valence-corrected chi connectivity index (χ0v) is 11.0. The van der Waals surface area contributed by atoms with Crippen molar-refractivity contribution in [1.29, 1.82) is 0 Å². The van der Waals surface area contributed by atoms with Crippen molar-refractivity contribution in [3.63, 3.8) is 0 Å². The van der Waals surface area contributed by atoms with Gasteiger partial charge in [0.1, 0.15) is 10.8 Å². The lowest BCUT2D eigenvalue weighted by Crippen LogP contribution is -2.39. The van der Waals surface area contributed by atoms with E-state index in [2.05, 4.69) is 0 Å². The van der Waals surface area contributed by atoms with Crippen LogP contribution in [0.2, 0.25) is 0 Å². The number of amides is 2. The number of rotatable bonds is 3. The van der Waals surface area contributed by atoms with Crippen LogP contribution < -0.4 is 5.73 Å². The lowest BCUT2D eigenvalue weighted by atomic mass is 10.1. The van der Waals surface area contributed by atoms with E-state index in [0.717, 1.165) is 0 Å². The molecule has 0 saturated carbocycles. The third kappa shape index (κ3) is 2.96. The molecule has 1 aliphatic heterocycles. The summed E-state index contributed by atoms with van der Waals surface area (Å²) in [7, 11) is 0. The number of hydrogen-bond acceptors (Lipinski definition) is 3. The van der Waals surface area contributed by atoms with E-state index in [-0.39, 0.29) is 28.9 Å². The second-order valence-electron chi connectivity index (χ2n) is 4.41. The van der Waals surface area contributed by atoms with Crippen LogP contribution in [0, 0.1) is 5.82 Å². The fourth-order valence-electron chi connectivity index (χ4n) is 2.02. The molecule has 0 aliphatic carbocycles. The van der Waals surface area contributed by atoms with Gasteiger partial charge in [-0.25, -0.2) is 4.39 Å². The molecule has 1 aliphatic rings. The third-order valence-corrected chi connectivity index (χ3v) is 3.24. The van der Waals surface area contributed by atoms with Gasteiger partial charge in [-0.2, -0.15) is 0 Å². The van der Waals surface area contributed by atoms with Crippen LogP contribution in [-0.2, 0) is 16.1 Å². The minimum Gasteiger partial charge on any atom is -0.389 e. The molecule has 0 radical (unpaired) electrons. The number of nitrogens with zero attached hydrogens (tertiary/aromatic N) is 1. The summed E-state index contributed by atoms with van der Waals surface area (Å²) in [5, 5.41) is 0.